The van der Waals surface area contributed by atoms with E-state index in [2.05, 4.69) is 49.7 Å². The number of aliphatic imine (C=N–C) groups is 1. The summed E-state index contributed by atoms with van der Waals surface area (Å²) in [5, 5.41) is 0. The lowest BCUT2D eigenvalue weighted by molar-refractivity contribution is 0.586. The highest BCUT2D eigenvalue weighted by Crippen LogP contribution is 2.11. The van der Waals surface area contributed by atoms with Gasteiger partial charge in [-0.3, -0.25) is 4.99 Å². The lowest BCUT2D eigenvalue weighted by atomic mass is 10.0. The summed E-state index contributed by atoms with van der Waals surface area (Å²) in [6.45, 7) is 6.30. The zero-order valence-corrected chi connectivity index (χ0v) is 12.9. The summed E-state index contributed by atoms with van der Waals surface area (Å²) in [7, 11) is 0. The molecular formula is C20H21N. The van der Waals surface area contributed by atoms with Gasteiger partial charge in [0.15, 0.2) is 0 Å². The summed E-state index contributed by atoms with van der Waals surface area (Å²) < 4.78 is 0. The minimum Gasteiger partial charge on any atom is -0.287 e. The minimum atomic E-state index is -0.0527. The van der Waals surface area contributed by atoms with Gasteiger partial charge in [0.2, 0.25) is 0 Å². The van der Waals surface area contributed by atoms with E-state index in [0.29, 0.717) is 0 Å². The van der Waals surface area contributed by atoms with E-state index in [1.54, 1.807) is 0 Å². The van der Waals surface area contributed by atoms with Crippen LogP contribution in [0.4, 0.5) is 0 Å². The van der Waals surface area contributed by atoms with Crippen LogP contribution >= 0.6 is 0 Å². The zero-order chi connectivity index (χ0) is 15.1. The summed E-state index contributed by atoms with van der Waals surface area (Å²) in [5.74, 6) is 6.44. The maximum absolute atomic E-state index is 4.58. The number of nitrogens with zero attached hydrogens (tertiary/aromatic N) is 1. The molecule has 0 aromatic heterocycles. The predicted octanol–water partition coefficient (Wildman–Crippen LogP) is 4.50. The fourth-order valence-corrected chi connectivity index (χ4v) is 1.85. The second-order valence-electron chi connectivity index (χ2n) is 5.97. The van der Waals surface area contributed by atoms with Crippen molar-refractivity contribution in [2.24, 2.45) is 4.99 Å². The largest absolute Gasteiger partial charge is 0.287 e. The molecule has 21 heavy (non-hydrogen) atoms. The topological polar surface area (TPSA) is 12.4 Å². The molecule has 0 aliphatic heterocycles. The SMILES string of the molecule is CC(C)(C)N=Cc1ccccc1CC#Cc1ccccc1. The van der Waals surface area contributed by atoms with Crippen molar-refractivity contribution < 1.29 is 0 Å². The van der Waals surface area contributed by atoms with Gasteiger partial charge in [0.1, 0.15) is 0 Å². The standard InChI is InChI=1S/C20H21N/c1-20(2,3)21-16-19-14-8-7-13-18(19)15-9-12-17-10-5-4-6-11-17/h4-8,10-11,13-14,16H,15H2,1-3H3. The van der Waals surface area contributed by atoms with E-state index in [1.165, 1.54) is 5.56 Å². The van der Waals surface area contributed by atoms with Crippen molar-refractivity contribution in [3.8, 4) is 11.8 Å². The molecule has 0 N–H and O–H groups in total. The van der Waals surface area contributed by atoms with E-state index in [4.69, 9.17) is 0 Å². The normalized spacial score (nSPS) is 11.2. The maximum atomic E-state index is 4.58. The summed E-state index contributed by atoms with van der Waals surface area (Å²) >= 11 is 0. The van der Waals surface area contributed by atoms with Gasteiger partial charge in [0.25, 0.3) is 0 Å². The fourth-order valence-electron chi connectivity index (χ4n) is 1.85. The van der Waals surface area contributed by atoms with Crippen molar-refractivity contribution in [1.29, 1.82) is 0 Å². The van der Waals surface area contributed by atoms with Gasteiger partial charge in [0, 0.05) is 18.2 Å². The molecular weight excluding hydrogens is 254 g/mol. The highest BCUT2D eigenvalue weighted by Gasteiger charge is 2.05. The molecule has 0 radical (unpaired) electrons. The summed E-state index contributed by atoms with van der Waals surface area (Å²) in [5.41, 5.74) is 3.37. The zero-order valence-electron chi connectivity index (χ0n) is 12.9. The maximum Gasteiger partial charge on any atom is 0.0524 e. The van der Waals surface area contributed by atoms with Gasteiger partial charge in [-0.1, -0.05) is 54.3 Å². The van der Waals surface area contributed by atoms with Gasteiger partial charge in [0.05, 0.1) is 5.54 Å². The van der Waals surface area contributed by atoms with Crippen LogP contribution in [0.2, 0.25) is 0 Å². The lowest BCUT2D eigenvalue weighted by Gasteiger charge is -2.11. The molecule has 0 amide bonds. The Labute approximate surface area is 127 Å². The van der Waals surface area contributed by atoms with Crippen molar-refractivity contribution >= 4 is 6.21 Å². The number of hydrogen-bond acceptors (Lipinski definition) is 1. The van der Waals surface area contributed by atoms with E-state index in [-0.39, 0.29) is 5.54 Å². The quantitative estimate of drug-likeness (QED) is 0.565. The van der Waals surface area contributed by atoms with E-state index >= 15 is 0 Å². The Morgan fingerprint density at radius 1 is 0.952 bits per heavy atom. The third-order valence-corrected chi connectivity index (χ3v) is 2.93. The predicted molar refractivity (Wildman–Crippen MR) is 90.8 cm³/mol. The van der Waals surface area contributed by atoms with Crippen molar-refractivity contribution in [2.45, 2.75) is 32.7 Å². The second-order valence-corrected chi connectivity index (χ2v) is 5.97. The van der Waals surface area contributed by atoms with Crippen molar-refractivity contribution in [2.75, 3.05) is 0 Å². The molecule has 2 aromatic carbocycles. The smallest absolute Gasteiger partial charge is 0.0524 e. The van der Waals surface area contributed by atoms with Gasteiger partial charge >= 0.3 is 0 Å². The third kappa shape index (κ3) is 5.28. The van der Waals surface area contributed by atoms with Crippen LogP contribution in [0, 0.1) is 11.8 Å². The highest BCUT2D eigenvalue weighted by molar-refractivity contribution is 5.82. The first kappa shape index (κ1) is 15.1. The Balaban J connectivity index is 2.14. The molecule has 0 unspecified atom stereocenters. The average Bonchev–Trinajstić information content (AvgIpc) is 2.46. The van der Waals surface area contributed by atoms with Gasteiger partial charge in [-0.2, -0.15) is 0 Å². The molecule has 0 saturated heterocycles. The first-order valence-electron chi connectivity index (χ1n) is 7.22. The van der Waals surface area contributed by atoms with Crippen molar-refractivity contribution in [3.05, 3.63) is 71.3 Å². The van der Waals surface area contributed by atoms with Crippen LogP contribution in [-0.4, -0.2) is 11.8 Å². The Morgan fingerprint density at radius 3 is 2.33 bits per heavy atom. The van der Waals surface area contributed by atoms with Gasteiger partial charge in [-0.25, -0.2) is 0 Å². The lowest BCUT2D eigenvalue weighted by Crippen LogP contribution is -2.10. The van der Waals surface area contributed by atoms with Gasteiger partial charge < -0.3 is 0 Å². The molecule has 1 nitrogen and oxygen atoms in total. The highest BCUT2D eigenvalue weighted by atomic mass is 14.8. The molecule has 0 atom stereocenters. The summed E-state index contributed by atoms with van der Waals surface area (Å²) in [6, 6.07) is 18.4. The Bertz CT molecular complexity index is 664. The van der Waals surface area contributed by atoms with Crippen LogP contribution in [0.1, 0.15) is 37.5 Å². The van der Waals surface area contributed by atoms with Crippen LogP contribution in [0.15, 0.2) is 59.6 Å². The molecule has 106 valence electrons. The van der Waals surface area contributed by atoms with E-state index < -0.39 is 0 Å². The third-order valence-electron chi connectivity index (χ3n) is 2.93. The van der Waals surface area contributed by atoms with Crippen LogP contribution in [-0.2, 0) is 6.42 Å². The molecule has 0 aliphatic carbocycles. The molecule has 0 bridgehead atoms. The first-order chi connectivity index (χ1) is 10.0. The number of rotatable bonds is 2. The molecule has 0 spiro atoms. The van der Waals surface area contributed by atoms with Crippen molar-refractivity contribution in [1.82, 2.24) is 0 Å². The average molecular weight is 275 g/mol. The molecule has 0 fully saturated rings. The van der Waals surface area contributed by atoms with Gasteiger partial charge in [-0.05, 0) is 44.0 Å². The monoisotopic (exact) mass is 275 g/mol. The Kier molecular flexibility index (Phi) is 4.95. The minimum absolute atomic E-state index is 0.0527. The van der Waals surface area contributed by atoms with Crippen LogP contribution < -0.4 is 0 Å². The van der Waals surface area contributed by atoms with Crippen molar-refractivity contribution in [3.63, 3.8) is 0 Å². The first-order valence-corrected chi connectivity index (χ1v) is 7.22. The molecule has 1 heteroatoms. The number of hydrogen-bond donors (Lipinski definition) is 0. The van der Waals surface area contributed by atoms with Crippen LogP contribution in [0.3, 0.4) is 0 Å². The second kappa shape index (κ2) is 6.90. The van der Waals surface area contributed by atoms with Gasteiger partial charge in [-0.15, -0.1) is 0 Å². The summed E-state index contributed by atoms with van der Waals surface area (Å²) in [6.07, 6.45) is 2.70. The Hall–Kier alpha value is -2.33. The van der Waals surface area contributed by atoms with Crippen LogP contribution in [0.5, 0.6) is 0 Å². The molecule has 2 aromatic rings. The fraction of sp³-hybridized carbons (Fsp3) is 0.250. The summed E-state index contributed by atoms with van der Waals surface area (Å²) in [4.78, 5) is 4.58. The Morgan fingerprint density at radius 2 is 1.62 bits per heavy atom. The molecule has 2 rings (SSSR count). The number of benzene rings is 2. The van der Waals surface area contributed by atoms with E-state index in [0.717, 1.165) is 17.5 Å². The molecule has 0 heterocycles. The van der Waals surface area contributed by atoms with E-state index in [9.17, 15) is 0 Å². The molecule has 0 aliphatic rings. The molecule has 0 saturated carbocycles. The van der Waals surface area contributed by atoms with Crippen LogP contribution in [0.25, 0.3) is 0 Å². The van der Waals surface area contributed by atoms with E-state index in [1.807, 2.05) is 48.7 Å².